The number of hydrogen-bond acceptors (Lipinski definition) is 3. The number of hydrogen-bond donors (Lipinski definition) is 2. The van der Waals surface area contributed by atoms with Gasteiger partial charge in [0.2, 0.25) is 0 Å². The third kappa shape index (κ3) is 2.39. The first-order valence-electron chi connectivity index (χ1n) is 6.91. The number of nitrogens with one attached hydrogen (secondary N) is 1. The number of rotatable bonds is 2. The summed E-state index contributed by atoms with van der Waals surface area (Å²) < 4.78 is 0. The van der Waals surface area contributed by atoms with Crippen molar-refractivity contribution in [3.63, 3.8) is 0 Å². The summed E-state index contributed by atoms with van der Waals surface area (Å²) in [6.45, 7) is 0. The Morgan fingerprint density at radius 3 is 2.79 bits per heavy atom. The highest BCUT2D eigenvalue weighted by atomic mass is 32.2. The van der Waals surface area contributed by atoms with Crippen LogP contribution in [0.3, 0.4) is 0 Å². The molecule has 3 atom stereocenters. The molecule has 1 spiro atoms. The molecule has 1 heterocycles. The van der Waals surface area contributed by atoms with E-state index in [1.165, 1.54) is 18.4 Å². The molecule has 2 N–H and O–H groups in total. The van der Waals surface area contributed by atoms with E-state index in [0.29, 0.717) is 11.7 Å². The Morgan fingerprint density at radius 1 is 1.32 bits per heavy atom. The van der Waals surface area contributed by atoms with Crippen molar-refractivity contribution in [1.29, 1.82) is 0 Å². The Kier molecular flexibility index (Phi) is 3.54. The van der Waals surface area contributed by atoms with Crippen LogP contribution in [0.25, 0.3) is 0 Å². The van der Waals surface area contributed by atoms with Crippen molar-refractivity contribution in [3.05, 3.63) is 35.9 Å². The number of carboxylic acids is 1. The summed E-state index contributed by atoms with van der Waals surface area (Å²) in [5, 5.41) is 12.6. The van der Waals surface area contributed by atoms with Gasteiger partial charge < -0.3 is 5.11 Å². The summed E-state index contributed by atoms with van der Waals surface area (Å²) in [6.07, 6.45) is 4.65. The summed E-state index contributed by atoms with van der Waals surface area (Å²) in [5.74, 6) is 0.386. The smallest absolute Gasteiger partial charge is 0.321 e. The van der Waals surface area contributed by atoms with Crippen LogP contribution in [-0.4, -0.2) is 27.7 Å². The third-order valence-corrected chi connectivity index (χ3v) is 5.90. The molecule has 0 bridgehead atoms. The maximum Gasteiger partial charge on any atom is 0.321 e. The predicted octanol–water partition coefficient (Wildman–Crippen LogP) is 2.83. The van der Waals surface area contributed by atoms with E-state index in [1.54, 1.807) is 0 Å². The highest BCUT2D eigenvalue weighted by Gasteiger charge is 2.48. The first kappa shape index (κ1) is 13.0. The van der Waals surface area contributed by atoms with Gasteiger partial charge in [-0.2, -0.15) is 0 Å². The SMILES string of the molecule is O=C(O)C1CSC2(CCCCC2c2ccccc2)N1. The molecule has 1 aromatic rings. The van der Waals surface area contributed by atoms with Gasteiger partial charge in [-0.15, -0.1) is 11.8 Å². The molecule has 19 heavy (non-hydrogen) atoms. The molecule has 2 fully saturated rings. The van der Waals surface area contributed by atoms with Crippen molar-refractivity contribution in [2.24, 2.45) is 0 Å². The van der Waals surface area contributed by atoms with Crippen LogP contribution in [0.2, 0.25) is 0 Å². The van der Waals surface area contributed by atoms with Crippen molar-refractivity contribution >= 4 is 17.7 Å². The molecule has 1 aliphatic heterocycles. The molecule has 1 aliphatic carbocycles. The number of carbonyl (C=O) groups is 1. The topological polar surface area (TPSA) is 49.3 Å². The van der Waals surface area contributed by atoms with Crippen LogP contribution < -0.4 is 5.32 Å². The zero-order chi connectivity index (χ0) is 13.3. The van der Waals surface area contributed by atoms with Crippen molar-refractivity contribution in [2.45, 2.75) is 42.5 Å². The minimum Gasteiger partial charge on any atom is -0.480 e. The van der Waals surface area contributed by atoms with Gasteiger partial charge in [-0.05, 0) is 18.4 Å². The van der Waals surface area contributed by atoms with Gasteiger partial charge in [0.15, 0.2) is 0 Å². The standard InChI is InChI=1S/C15H19NO2S/c17-14(18)13-10-19-15(16-13)9-5-4-8-12(15)11-6-2-1-3-7-11/h1-3,6-7,12-13,16H,4-5,8-10H2,(H,17,18). The average molecular weight is 277 g/mol. The van der Waals surface area contributed by atoms with Gasteiger partial charge in [0, 0.05) is 11.7 Å². The van der Waals surface area contributed by atoms with Crippen LogP contribution in [0.15, 0.2) is 30.3 Å². The number of aliphatic carboxylic acids is 1. The van der Waals surface area contributed by atoms with Gasteiger partial charge in [0.05, 0.1) is 4.87 Å². The fourth-order valence-corrected chi connectivity index (χ4v) is 5.01. The van der Waals surface area contributed by atoms with E-state index in [0.717, 1.165) is 12.8 Å². The van der Waals surface area contributed by atoms with E-state index in [1.807, 2.05) is 17.8 Å². The van der Waals surface area contributed by atoms with E-state index >= 15 is 0 Å². The second-order valence-electron chi connectivity index (χ2n) is 5.44. The van der Waals surface area contributed by atoms with Gasteiger partial charge in [0.1, 0.15) is 6.04 Å². The first-order chi connectivity index (χ1) is 9.21. The fraction of sp³-hybridized carbons (Fsp3) is 0.533. The van der Waals surface area contributed by atoms with Crippen molar-refractivity contribution in [1.82, 2.24) is 5.32 Å². The lowest BCUT2D eigenvalue weighted by molar-refractivity contribution is -0.139. The molecule has 0 amide bonds. The Bertz CT molecular complexity index is 464. The van der Waals surface area contributed by atoms with E-state index in [9.17, 15) is 9.90 Å². The van der Waals surface area contributed by atoms with Crippen LogP contribution in [-0.2, 0) is 4.79 Å². The minimum atomic E-state index is -0.721. The molecule has 3 rings (SSSR count). The lowest BCUT2D eigenvalue weighted by Crippen LogP contribution is -2.50. The summed E-state index contributed by atoms with van der Waals surface area (Å²) in [7, 11) is 0. The number of thioether (sulfide) groups is 1. The first-order valence-corrected chi connectivity index (χ1v) is 7.89. The summed E-state index contributed by atoms with van der Waals surface area (Å²) in [4.78, 5) is 11.1. The number of benzene rings is 1. The fourth-order valence-electron chi connectivity index (χ4n) is 3.35. The minimum absolute atomic E-state index is 0.0668. The van der Waals surface area contributed by atoms with E-state index in [-0.39, 0.29) is 4.87 Å². The monoisotopic (exact) mass is 277 g/mol. The van der Waals surface area contributed by atoms with E-state index in [4.69, 9.17) is 0 Å². The zero-order valence-corrected chi connectivity index (χ0v) is 11.7. The molecular formula is C15H19NO2S. The molecule has 0 radical (unpaired) electrons. The predicted molar refractivity (Wildman–Crippen MR) is 77.4 cm³/mol. The summed E-state index contributed by atoms with van der Waals surface area (Å²) in [6, 6.07) is 10.1. The second-order valence-corrected chi connectivity index (χ2v) is 6.80. The summed E-state index contributed by atoms with van der Waals surface area (Å²) >= 11 is 1.81. The van der Waals surface area contributed by atoms with Crippen molar-refractivity contribution < 1.29 is 9.90 Å². The molecule has 1 saturated carbocycles. The molecule has 1 saturated heterocycles. The molecule has 102 valence electrons. The van der Waals surface area contributed by atoms with E-state index in [2.05, 4.69) is 29.6 Å². The third-order valence-electron chi connectivity index (χ3n) is 4.28. The Balaban J connectivity index is 1.88. The molecule has 3 unspecified atom stereocenters. The average Bonchev–Trinajstić information content (AvgIpc) is 2.85. The highest BCUT2D eigenvalue weighted by Crippen LogP contribution is 2.50. The normalized spacial score (nSPS) is 34.5. The van der Waals surface area contributed by atoms with Gasteiger partial charge in [0.25, 0.3) is 0 Å². The molecule has 1 aromatic carbocycles. The quantitative estimate of drug-likeness (QED) is 0.872. The molecule has 0 aromatic heterocycles. The van der Waals surface area contributed by atoms with Gasteiger partial charge in [-0.1, -0.05) is 43.2 Å². The Morgan fingerprint density at radius 2 is 2.11 bits per heavy atom. The van der Waals surface area contributed by atoms with Crippen LogP contribution in [0.4, 0.5) is 0 Å². The van der Waals surface area contributed by atoms with Crippen LogP contribution in [0.5, 0.6) is 0 Å². The second kappa shape index (κ2) is 5.17. The Hall–Kier alpha value is -1.00. The van der Waals surface area contributed by atoms with Crippen molar-refractivity contribution in [3.8, 4) is 0 Å². The lowest BCUT2D eigenvalue weighted by Gasteiger charge is -2.41. The Labute approximate surface area is 117 Å². The van der Waals surface area contributed by atoms with Crippen LogP contribution in [0.1, 0.15) is 37.2 Å². The lowest BCUT2D eigenvalue weighted by atomic mass is 9.79. The van der Waals surface area contributed by atoms with Crippen molar-refractivity contribution in [2.75, 3.05) is 5.75 Å². The van der Waals surface area contributed by atoms with Gasteiger partial charge in [-0.25, -0.2) is 0 Å². The highest BCUT2D eigenvalue weighted by molar-refractivity contribution is 8.01. The van der Waals surface area contributed by atoms with Crippen LogP contribution >= 0.6 is 11.8 Å². The zero-order valence-electron chi connectivity index (χ0n) is 10.8. The molecule has 4 heteroatoms. The molecular weight excluding hydrogens is 258 g/mol. The van der Waals surface area contributed by atoms with Gasteiger partial charge >= 0.3 is 5.97 Å². The number of carboxylic acid groups (broad SMARTS) is 1. The van der Waals surface area contributed by atoms with Crippen LogP contribution in [0, 0.1) is 0 Å². The maximum atomic E-state index is 11.2. The molecule has 3 nitrogen and oxygen atoms in total. The summed E-state index contributed by atoms with van der Waals surface area (Å²) in [5.41, 5.74) is 1.34. The maximum absolute atomic E-state index is 11.2. The molecule has 2 aliphatic rings. The largest absolute Gasteiger partial charge is 0.480 e. The van der Waals surface area contributed by atoms with E-state index < -0.39 is 12.0 Å². The van der Waals surface area contributed by atoms with Gasteiger partial charge in [-0.3, -0.25) is 10.1 Å².